The van der Waals surface area contributed by atoms with E-state index in [9.17, 15) is 0 Å². The first-order valence-corrected chi connectivity index (χ1v) is 17.7. The summed E-state index contributed by atoms with van der Waals surface area (Å²) in [5, 5.41) is 7.28. The molecule has 0 saturated carbocycles. The topological polar surface area (TPSA) is 33.8 Å². The fourth-order valence-corrected chi connectivity index (χ4v) is 9.53. The Balaban J connectivity index is 1.20. The Labute approximate surface area is 289 Å². The van der Waals surface area contributed by atoms with Gasteiger partial charge in [0.2, 0.25) is 5.69 Å². The van der Waals surface area contributed by atoms with Crippen molar-refractivity contribution in [1.82, 2.24) is 4.40 Å². The highest BCUT2D eigenvalue weighted by Crippen LogP contribution is 2.47. The second-order valence-electron chi connectivity index (χ2n) is 14.0. The van der Waals surface area contributed by atoms with E-state index in [1.807, 2.05) is 18.2 Å². The van der Waals surface area contributed by atoms with Crippen molar-refractivity contribution in [2.24, 2.45) is 4.99 Å². The molecular weight excluding hydrogens is 611 g/mol. The van der Waals surface area contributed by atoms with E-state index in [0.717, 1.165) is 47.1 Å². The molecule has 6 heterocycles. The van der Waals surface area contributed by atoms with Gasteiger partial charge in [-0.3, -0.25) is 4.99 Å². The van der Waals surface area contributed by atoms with Crippen molar-refractivity contribution in [2.75, 3.05) is 0 Å². The zero-order valence-electron chi connectivity index (χ0n) is 27.6. The average molecular weight is 645 g/mol. The number of fused-ring (bicyclic) bond motifs is 17. The Bertz CT molecular complexity index is 2920. The van der Waals surface area contributed by atoms with E-state index in [4.69, 9.17) is 9.41 Å². The highest BCUT2D eigenvalue weighted by molar-refractivity contribution is 6.35. The van der Waals surface area contributed by atoms with Gasteiger partial charge in [0.15, 0.2) is 12.2 Å². The summed E-state index contributed by atoms with van der Waals surface area (Å²) in [7, 11) is 0. The lowest BCUT2D eigenvalue weighted by Gasteiger charge is -2.32. The van der Waals surface area contributed by atoms with E-state index in [1.54, 1.807) is 0 Å². The van der Waals surface area contributed by atoms with E-state index in [2.05, 4.69) is 131 Å². The third kappa shape index (κ3) is 3.65. The minimum atomic E-state index is -0.0585. The number of aryl methyl sites for hydroxylation is 1. The minimum absolute atomic E-state index is 0.0585. The van der Waals surface area contributed by atoms with Gasteiger partial charge in [-0.1, -0.05) is 67.3 Å². The van der Waals surface area contributed by atoms with Crippen LogP contribution >= 0.6 is 0 Å². The molecule has 2 aliphatic rings. The van der Waals surface area contributed by atoms with Crippen LogP contribution in [0.3, 0.4) is 0 Å². The number of benzene rings is 5. The zero-order valence-corrected chi connectivity index (χ0v) is 27.6. The van der Waals surface area contributed by atoms with Crippen LogP contribution in [-0.2, 0) is 6.42 Å². The largest absolute Gasteiger partial charge is 0.456 e. The molecule has 238 valence electrons. The lowest BCUT2D eigenvalue weighted by molar-refractivity contribution is -0.719. The molecule has 0 spiro atoms. The first-order valence-electron chi connectivity index (χ1n) is 17.7. The van der Waals surface area contributed by atoms with E-state index < -0.39 is 0 Å². The molecule has 5 aromatic carbocycles. The molecule has 0 saturated heterocycles. The zero-order chi connectivity index (χ0) is 33.1. The van der Waals surface area contributed by atoms with Gasteiger partial charge in [0, 0.05) is 67.9 Å². The maximum Gasteiger partial charge on any atom is 0.213 e. The third-order valence-corrected chi connectivity index (χ3v) is 11.6. The second-order valence-corrected chi connectivity index (χ2v) is 14.0. The van der Waals surface area contributed by atoms with Crippen LogP contribution in [0, 0.1) is 0 Å². The van der Waals surface area contributed by atoms with Gasteiger partial charge in [-0.25, -0.2) is 0 Å². The van der Waals surface area contributed by atoms with Gasteiger partial charge in [-0.05, 0) is 72.5 Å². The number of nitrogens with zero attached hydrogens (tertiary/aromatic N) is 3. The summed E-state index contributed by atoms with van der Waals surface area (Å²) in [6.45, 7) is 8.59. The molecule has 11 rings (SSSR count). The van der Waals surface area contributed by atoms with Crippen LogP contribution in [0.5, 0.6) is 0 Å². The first kappa shape index (κ1) is 27.9. The molecule has 50 heavy (non-hydrogen) atoms. The molecule has 0 N–H and O–H groups in total. The minimum Gasteiger partial charge on any atom is -0.456 e. The monoisotopic (exact) mass is 644 g/mol. The molecule has 3 unspecified atom stereocenters. The van der Waals surface area contributed by atoms with E-state index in [1.165, 1.54) is 65.9 Å². The van der Waals surface area contributed by atoms with Crippen molar-refractivity contribution in [3.8, 4) is 11.3 Å². The fourth-order valence-electron chi connectivity index (χ4n) is 9.53. The Morgan fingerprint density at radius 3 is 2.46 bits per heavy atom. The molecule has 0 aliphatic carbocycles. The average Bonchev–Trinajstić information content (AvgIpc) is 3.81. The van der Waals surface area contributed by atoms with Crippen LogP contribution in [0.4, 0.5) is 0 Å². The SMILES string of the molecule is C=C/C1=N/C(C=C)CC2C(CCc3cc4c(cc31)c1cc3oc5ccccc5c3c3c5ccccc5n4c13)c1ccccc1-c1cccc[n+]12. The maximum atomic E-state index is 6.55. The van der Waals surface area contributed by atoms with Crippen molar-refractivity contribution in [3.63, 3.8) is 0 Å². The maximum absolute atomic E-state index is 6.55. The molecule has 9 aromatic rings. The van der Waals surface area contributed by atoms with E-state index in [0.29, 0.717) is 5.92 Å². The summed E-state index contributed by atoms with van der Waals surface area (Å²) in [5.41, 5.74) is 13.0. The number of pyridine rings is 1. The number of hydrogen-bond acceptors (Lipinski definition) is 2. The lowest BCUT2D eigenvalue weighted by atomic mass is 9.77. The molecule has 4 aromatic heterocycles. The first-order chi connectivity index (χ1) is 24.7. The van der Waals surface area contributed by atoms with Crippen molar-refractivity contribution in [2.45, 2.75) is 37.3 Å². The van der Waals surface area contributed by atoms with E-state index >= 15 is 0 Å². The Morgan fingerprint density at radius 1 is 0.740 bits per heavy atom. The summed E-state index contributed by atoms with van der Waals surface area (Å²) in [4.78, 5) is 5.42. The van der Waals surface area contributed by atoms with Crippen LogP contribution in [0.15, 0.2) is 150 Å². The Kier molecular flexibility index (Phi) is 5.72. The highest BCUT2D eigenvalue weighted by atomic mass is 16.3. The van der Waals surface area contributed by atoms with Gasteiger partial charge in [0.25, 0.3) is 0 Å². The molecule has 3 atom stereocenters. The highest BCUT2D eigenvalue weighted by Gasteiger charge is 2.41. The molecule has 2 aliphatic heterocycles. The van der Waals surface area contributed by atoms with Crippen molar-refractivity contribution >= 4 is 65.7 Å². The van der Waals surface area contributed by atoms with Crippen molar-refractivity contribution in [1.29, 1.82) is 0 Å². The van der Waals surface area contributed by atoms with Crippen molar-refractivity contribution in [3.05, 3.63) is 157 Å². The van der Waals surface area contributed by atoms with Gasteiger partial charge < -0.3 is 8.82 Å². The quantitative estimate of drug-likeness (QED) is 0.136. The van der Waals surface area contributed by atoms with Gasteiger partial charge in [-0.15, -0.1) is 6.58 Å². The third-order valence-electron chi connectivity index (χ3n) is 11.6. The smallest absolute Gasteiger partial charge is 0.213 e. The number of allylic oxidation sites excluding steroid dienone is 1. The molecular formula is C46H34N3O+. The number of furan rings is 1. The molecule has 0 radical (unpaired) electrons. The van der Waals surface area contributed by atoms with E-state index in [-0.39, 0.29) is 12.1 Å². The van der Waals surface area contributed by atoms with Crippen LogP contribution < -0.4 is 4.57 Å². The number of para-hydroxylation sites is 2. The molecule has 0 amide bonds. The van der Waals surface area contributed by atoms with Crippen LogP contribution in [0.2, 0.25) is 0 Å². The number of hydrogen-bond donors (Lipinski definition) is 0. The van der Waals surface area contributed by atoms with Crippen LogP contribution in [0.25, 0.3) is 71.3 Å². The Morgan fingerprint density at radius 2 is 1.56 bits per heavy atom. The fraction of sp³-hybridized carbons (Fsp3) is 0.130. The summed E-state index contributed by atoms with van der Waals surface area (Å²) < 4.78 is 11.5. The molecule has 4 nitrogen and oxygen atoms in total. The van der Waals surface area contributed by atoms with Gasteiger partial charge >= 0.3 is 0 Å². The molecule has 0 bridgehead atoms. The second kappa shape index (κ2) is 10.3. The lowest BCUT2D eigenvalue weighted by Crippen LogP contribution is -2.48. The predicted octanol–water partition coefficient (Wildman–Crippen LogP) is 10.9. The standard InChI is InChI=1S/C46H34N3O/c1-3-28-24-40-31(29-13-5-6-14-30(29)38-17-11-12-22-48(38)40)21-20-27-23-41-35(25-34(27)37(4-2)47-28)36-26-43-44(33-16-8-10-19-42(33)50-43)45-32-15-7-9-18-39(32)49(41)46(36)45/h3-19,22-23,25-26,28,31,40H,1-2,20-21,24H2/q+1/b47-37-. The predicted molar refractivity (Wildman–Crippen MR) is 206 cm³/mol. The van der Waals surface area contributed by atoms with Gasteiger partial charge in [-0.2, -0.15) is 4.57 Å². The number of aliphatic imine (C=N–C) groups is 1. The van der Waals surface area contributed by atoms with Crippen LogP contribution in [-0.4, -0.2) is 16.2 Å². The van der Waals surface area contributed by atoms with Crippen LogP contribution in [0.1, 0.15) is 41.5 Å². The summed E-state index contributed by atoms with van der Waals surface area (Å²) in [6.07, 6.45) is 9.06. The summed E-state index contributed by atoms with van der Waals surface area (Å²) >= 11 is 0. The van der Waals surface area contributed by atoms with Gasteiger partial charge in [0.1, 0.15) is 11.2 Å². The molecule has 4 heteroatoms. The normalized spacial score (nSPS) is 20.1. The Hall–Kier alpha value is -6.00. The summed E-state index contributed by atoms with van der Waals surface area (Å²) in [6, 6.07) is 40.1. The van der Waals surface area contributed by atoms with Crippen molar-refractivity contribution < 1.29 is 8.98 Å². The number of rotatable bonds is 2. The molecule has 0 fully saturated rings. The van der Waals surface area contributed by atoms with Gasteiger partial charge in [0.05, 0.1) is 28.3 Å². The number of aromatic nitrogens is 2. The summed E-state index contributed by atoms with van der Waals surface area (Å²) in [5.74, 6) is 0.339.